The zero-order valence-electron chi connectivity index (χ0n) is 30.7. The molecule has 0 spiro atoms. The van der Waals surface area contributed by atoms with Crippen LogP contribution in [-0.2, 0) is 20.0 Å². The number of nitrogens with zero attached hydrogens (tertiary/aromatic N) is 1. The molecule has 9 heteroatoms. The molecule has 0 heterocycles. The number of likely N-dealkylation sites (N-methyl/N-ethyl adjacent to an activating group) is 1. The van der Waals surface area contributed by atoms with Gasteiger partial charge in [-0.1, -0.05) is 168 Å². The number of aliphatic hydroxyl groups excluding tert-OH is 1. The van der Waals surface area contributed by atoms with Gasteiger partial charge in [-0.15, -0.1) is 0 Å². The normalized spacial score (nSPS) is 12.6. The van der Waals surface area contributed by atoms with Crippen molar-refractivity contribution < 1.29 is 32.2 Å². The van der Waals surface area contributed by atoms with Crippen LogP contribution in [0.2, 0.25) is 0 Å². The monoisotopic (exact) mass is 678 g/mol. The molecule has 8 nitrogen and oxygen atoms in total. The summed E-state index contributed by atoms with van der Waals surface area (Å²) in [5.41, 5.74) is -1.22. The maximum Gasteiger partial charge on any atom is 0.394 e. The van der Waals surface area contributed by atoms with Gasteiger partial charge < -0.3 is 5.11 Å². The van der Waals surface area contributed by atoms with Gasteiger partial charge in [-0.3, -0.25) is 23.6 Å². The smallest absolute Gasteiger partial charge is 0.379 e. The van der Waals surface area contributed by atoms with Crippen molar-refractivity contribution in [3.05, 3.63) is 0 Å². The molecular formula is C37H75NO7S. The number of Topliss-reactive ketones (excluding diaryl/α,β-unsaturated/α-hetero) is 2. The van der Waals surface area contributed by atoms with E-state index in [9.17, 15) is 14.7 Å². The van der Waals surface area contributed by atoms with Gasteiger partial charge in [0.05, 0.1) is 0 Å². The van der Waals surface area contributed by atoms with Crippen LogP contribution in [0.25, 0.3) is 0 Å². The number of rotatable bonds is 32. The fourth-order valence-corrected chi connectivity index (χ4v) is 6.02. The average molecular weight is 678 g/mol. The molecular weight excluding hydrogens is 602 g/mol. The number of hydrogen-bond acceptors (Lipinski definition) is 6. The first-order valence-electron chi connectivity index (χ1n) is 19.0. The molecule has 0 bridgehead atoms. The summed E-state index contributed by atoms with van der Waals surface area (Å²) in [6.07, 6.45) is 33.1. The number of unbranched alkanes of at least 4 members (excludes halogenated alkanes) is 24. The van der Waals surface area contributed by atoms with E-state index >= 15 is 0 Å². The van der Waals surface area contributed by atoms with E-state index in [2.05, 4.69) is 13.8 Å². The predicted octanol–water partition coefficient (Wildman–Crippen LogP) is 10.5. The van der Waals surface area contributed by atoms with Crippen molar-refractivity contribution in [3.63, 3.8) is 0 Å². The largest absolute Gasteiger partial charge is 0.394 e. The second-order valence-corrected chi connectivity index (χ2v) is 14.5. The van der Waals surface area contributed by atoms with Gasteiger partial charge in [0.1, 0.15) is 11.8 Å². The first kappa shape index (κ1) is 47.2. The summed E-state index contributed by atoms with van der Waals surface area (Å²) in [6.45, 7) is 7.93. The Labute approximate surface area is 284 Å². The third kappa shape index (κ3) is 29.3. The van der Waals surface area contributed by atoms with E-state index in [1.807, 2.05) is 0 Å². The van der Waals surface area contributed by atoms with Gasteiger partial charge >= 0.3 is 10.4 Å². The zero-order chi connectivity index (χ0) is 35.1. The highest BCUT2D eigenvalue weighted by Gasteiger charge is 2.44. The molecule has 0 amide bonds. The Bertz CT molecular complexity index is 767. The van der Waals surface area contributed by atoms with Crippen LogP contribution in [0.3, 0.4) is 0 Å². The van der Waals surface area contributed by atoms with Crippen LogP contribution in [-0.4, -0.2) is 57.9 Å². The van der Waals surface area contributed by atoms with E-state index in [1.165, 1.54) is 141 Å². The molecule has 0 aliphatic rings. The summed E-state index contributed by atoms with van der Waals surface area (Å²) in [5.74, 6) is -0.0488. The molecule has 0 aromatic carbocycles. The van der Waals surface area contributed by atoms with Crippen LogP contribution in [0.5, 0.6) is 0 Å². The minimum atomic E-state index is -4.67. The molecule has 0 aromatic rings. The van der Waals surface area contributed by atoms with Crippen molar-refractivity contribution in [2.45, 2.75) is 219 Å². The summed E-state index contributed by atoms with van der Waals surface area (Å²) in [5, 5.41) is 10.2. The number of carbonyl (C=O) groups is 2. The standard InChI is InChI=1S/C37H73NO3.H2O4S/c1-6-8-10-12-14-16-18-20-22-24-26-28-30-32-35(40)37(4,38(5)34(3)39)36(41)33-31-29-27-25-23-21-19-17-15-13-11-9-7-2;1-5(2,3)4/h34,39H,6-33H2,1-5H3;(H2,1,2,3,4). The third-order valence-corrected chi connectivity index (χ3v) is 9.37. The van der Waals surface area contributed by atoms with Gasteiger partial charge in [0, 0.05) is 12.8 Å². The van der Waals surface area contributed by atoms with Gasteiger partial charge in [0.15, 0.2) is 11.6 Å². The van der Waals surface area contributed by atoms with Crippen molar-refractivity contribution >= 4 is 22.0 Å². The molecule has 0 saturated carbocycles. The van der Waals surface area contributed by atoms with E-state index in [0.29, 0.717) is 12.8 Å². The summed E-state index contributed by atoms with van der Waals surface area (Å²) in [7, 11) is -2.95. The van der Waals surface area contributed by atoms with Gasteiger partial charge in [-0.2, -0.15) is 8.42 Å². The molecule has 0 aliphatic carbocycles. The molecule has 0 radical (unpaired) electrons. The fourth-order valence-electron chi connectivity index (χ4n) is 6.02. The summed E-state index contributed by atoms with van der Waals surface area (Å²) >= 11 is 0. The quantitative estimate of drug-likeness (QED) is 0.0277. The lowest BCUT2D eigenvalue weighted by molar-refractivity contribution is -0.149. The van der Waals surface area contributed by atoms with Crippen LogP contribution >= 0.6 is 0 Å². The lowest BCUT2D eigenvalue weighted by Gasteiger charge is -2.38. The molecule has 46 heavy (non-hydrogen) atoms. The summed E-state index contributed by atoms with van der Waals surface area (Å²) in [4.78, 5) is 28.2. The lowest BCUT2D eigenvalue weighted by atomic mass is 9.84. The van der Waals surface area contributed by atoms with Gasteiger partial charge in [-0.05, 0) is 33.7 Å². The van der Waals surface area contributed by atoms with Crippen molar-refractivity contribution in [1.29, 1.82) is 0 Å². The van der Waals surface area contributed by atoms with Crippen LogP contribution in [0.15, 0.2) is 0 Å². The van der Waals surface area contributed by atoms with E-state index < -0.39 is 22.2 Å². The summed E-state index contributed by atoms with van der Waals surface area (Å²) in [6, 6.07) is 0. The van der Waals surface area contributed by atoms with E-state index in [4.69, 9.17) is 17.5 Å². The maximum atomic E-state index is 13.3. The van der Waals surface area contributed by atoms with Gasteiger partial charge in [0.2, 0.25) is 0 Å². The van der Waals surface area contributed by atoms with Crippen LogP contribution in [0.1, 0.15) is 207 Å². The van der Waals surface area contributed by atoms with Crippen LogP contribution in [0, 0.1) is 0 Å². The molecule has 276 valence electrons. The Morgan fingerprint density at radius 3 is 0.935 bits per heavy atom. The zero-order valence-corrected chi connectivity index (χ0v) is 31.5. The maximum absolute atomic E-state index is 13.3. The Balaban J connectivity index is 0. The first-order valence-corrected chi connectivity index (χ1v) is 20.4. The highest BCUT2D eigenvalue weighted by Crippen LogP contribution is 2.25. The molecule has 0 aromatic heterocycles. The molecule has 0 saturated heterocycles. The minimum absolute atomic E-state index is 0.0244. The molecule has 1 atom stereocenters. The van der Waals surface area contributed by atoms with Crippen molar-refractivity contribution in [2.75, 3.05) is 7.05 Å². The highest BCUT2D eigenvalue weighted by molar-refractivity contribution is 7.79. The van der Waals surface area contributed by atoms with Crippen LogP contribution < -0.4 is 0 Å². The lowest BCUT2D eigenvalue weighted by Crippen LogP contribution is -2.59. The molecule has 0 aliphatic heterocycles. The first-order chi connectivity index (χ1) is 21.8. The summed E-state index contributed by atoms with van der Waals surface area (Å²) < 4.78 is 31.6. The van der Waals surface area contributed by atoms with Gasteiger partial charge in [-0.25, -0.2) is 0 Å². The van der Waals surface area contributed by atoms with Crippen LogP contribution in [0.4, 0.5) is 0 Å². The highest BCUT2D eigenvalue weighted by atomic mass is 32.3. The Hall–Kier alpha value is -0.870. The van der Waals surface area contributed by atoms with Crippen molar-refractivity contribution in [3.8, 4) is 0 Å². The number of hydrogen-bond donors (Lipinski definition) is 3. The number of carbonyl (C=O) groups excluding carboxylic acids is 2. The minimum Gasteiger partial charge on any atom is -0.379 e. The number of ketones is 2. The Morgan fingerprint density at radius 1 is 0.543 bits per heavy atom. The van der Waals surface area contributed by atoms with E-state index in [-0.39, 0.29) is 11.6 Å². The molecule has 0 fully saturated rings. The molecule has 0 rings (SSSR count). The second-order valence-electron chi connectivity index (χ2n) is 13.6. The molecule has 3 N–H and O–H groups in total. The van der Waals surface area contributed by atoms with Crippen molar-refractivity contribution in [2.24, 2.45) is 0 Å². The molecule has 1 unspecified atom stereocenters. The number of aliphatic hydroxyl groups is 1. The van der Waals surface area contributed by atoms with E-state index in [0.717, 1.165) is 25.7 Å². The fraction of sp³-hybridized carbons (Fsp3) is 0.946. The second kappa shape index (κ2) is 31.4. The average Bonchev–Trinajstić information content (AvgIpc) is 2.99. The SMILES string of the molecule is CCCCCCCCCCCCCCCC(=O)C(C)(C(=O)CCCCCCCCCCCCCCC)N(C)C(C)O.O=S(=O)(O)O. The topological polar surface area (TPSA) is 132 Å². The van der Waals surface area contributed by atoms with Gasteiger partial charge in [0.25, 0.3) is 0 Å². The Kier molecular flexibility index (Phi) is 32.3. The van der Waals surface area contributed by atoms with Crippen molar-refractivity contribution in [1.82, 2.24) is 4.90 Å². The predicted molar refractivity (Wildman–Crippen MR) is 193 cm³/mol. The third-order valence-electron chi connectivity index (χ3n) is 9.37. The Morgan fingerprint density at radius 2 is 0.739 bits per heavy atom. The van der Waals surface area contributed by atoms with E-state index in [1.54, 1.807) is 25.8 Å².